The summed E-state index contributed by atoms with van der Waals surface area (Å²) in [6, 6.07) is 11.8. The van der Waals surface area contributed by atoms with Crippen LogP contribution in [-0.2, 0) is 26.1 Å². The van der Waals surface area contributed by atoms with E-state index in [0.717, 1.165) is 70.5 Å². The van der Waals surface area contributed by atoms with Gasteiger partial charge >= 0.3 is 6.18 Å². The van der Waals surface area contributed by atoms with Gasteiger partial charge in [0, 0.05) is 60.9 Å². The fraction of sp³-hybridized carbons (Fsp3) is 0.514. The number of sulfonamides is 1. The molecule has 2 aromatic carbocycles. The van der Waals surface area contributed by atoms with Gasteiger partial charge in [-0.15, -0.1) is 0 Å². The van der Waals surface area contributed by atoms with Crippen LogP contribution < -0.4 is 25.8 Å². The number of carbonyl (C=O) groups excluding carboxylic acids is 1. The monoisotopic (exact) mass is 716 g/mol. The van der Waals surface area contributed by atoms with Crippen molar-refractivity contribution >= 4 is 38.2 Å². The second kappa shape index (κ2) is 14.7. The molecule has 0 atom stereocenters. The number of ether oxygens (including phenoxy) is 2. The lowest BCUT2D eigenvalue weighted by atomic mass is 9.71. The van der Waals surface area contributed by atoms with E-state index in [1.165, 1.54) is 29.9 Å². The van der Waals surface area contributed by atoms with Crippen LogP contribution >= 0.6 is 0 Å². The van der Waals surface area contributed by atoms with Crippen LogP contribution in [0, 0.1) is 17.3 Å². The van der Waals surface area contributed by atoms with Crippen LogP contribution in [0.5, 0.6) is 5.75 Å². The minimum absolute atomic E-state index is 0.0279. The zero-order valence-corrected chi connectivity index (χ0v) is 28.8. The number of nitrogens with zero attached hydrogens (tertiary/aromatic N) is 2. The molecule has 3 fully saturated rings. The molecule has 11 nitrogen and oxygen atoms in total. The van der Waals surface area contributed by atoms with Gasteiger partial charge < -0.3 is 30.4 Å². The molecular weight excluding hydrogens is 673 g/mol. The zero-order chi connectivity index (χ0) is 35.5. The van der Waals surface area contributed by atoms with Crippen molar-refractivity contribution in [1.82, 2.24) is 14.2 Å². The molecule has 1 aromatic heterocycles. The number of alkyl halides is 3. The van der Waals surface area contributed by atoms with Gasteiger partial charge in [0.15, 0.2) is 0 Å². The first-order valence-corrected chi connectivity index (χ1v) is 18.3. The van der Waals surface area contributed by atoms with E-state index in [1.807, 2.05) is 10.8 Å². The van der Waals surface area contributed by atoms with Gasteiger partial charge in [-0.3, -0.25) is 9.69 Å². The van der Waals surface area contributed by atoms with Crippen LogP contribution in [0.1, 0.15) is 44.2 Å². The molecule has 3 heterocycles. The zero-order valence-electron chi connectivity index (χ0n) is 27.9. The summed E-state index contributed by atoms with van der Waals surface area (Å²) in [6.45, 7) is 2.40. The third-order valence-corrected chi connectivity index (χ3v) is 11.4. The van der Waals surface area contributed by atoms with E-state index in [-0.39, 0.29) is 28.9 Å². The lowest BCUT2D eigenvalue weighted by Gasteiger charge is -2.56. The highest BCUT2D eigenvalue weighted by Gasteiger charge is 2.46. The van der Waals surface area contributed by atoms with Gasteiger partial charge in [0.2, 0.25) is 5.91 Å². The number of halogens is 3. The van der Waals surface area contributed by atoms with E-state index in [1.54, 1.807) is 18.2 Å². The highest BCUT2D eigenvalue weighted by molar-refractivity contribution is 7.90. The fourth-order valence-corrected chi connectivity index (χ4v) is 8.38. The molecular formula is C35H43F3N6O5S. The van der Waals surface area contributed by atoms with Gasteiger partial charge in [-0.2, -0.15) is 13.2 Å². The summed E-state index contributed by atoms with van der Waals surface area (Å²) in [5.41, 5.74) is 7.51. The summed E-state index contributed by atoms with van der Waals surface area (Å²) in [7, 11) is -2.81. The molecule has 15 heteroatoms. The molecule has 2 aliphatic heterocycles. The van der Waals surface area contributed by atoms with E-state index >= 15 is 0 Å². The minimum atomic E-state index is -4.46. The first-order chi connectivity index (χ1) is 23.9. The van der Waals surface area contributed by atoms with Crippen molar-refractivity contribution in [3.8, 4) is 17.6 Å². The number of hydrogen-bond acceptors (Lipinski definition) is 9. The predicted octanol–water partition coefficient (Wildman–Crippen LogP) is 4.27. The van der Waals surface area contributed by atoms with Gasteiger partial charge in [0.25, 0.3) is 10.0 Å². The first-order valence-electron chi connectivity index (χ1n) is 16.8. The molecule has 1 amide bonds. The van der Waals surface area contributed by atoms with Crippen molar-refractivity contribution in [2.45, 2.75) is 68.2 Å². The van der Waals surface area contributed by atoms with Crippen LogP contribution in [0.25, 0.3) is 10.9 Å². The number of aromatic nitrogens is 1. The Balaban J connectivity index is 1.13. The molecule has 1 spiro atoms. The Bertz CT molecular complexity index is 1860. The molecule has 0 bridgehead atoms. The van der Waals surface area contributed by atoms with Gasteiger partial charge in [-0.25, -0.2) is 13.1 Å². The lowest BCUT2D eigenvalue weighted by molar-refractivity contribution is -0.140. The van der Waals surface area contributed by atoms with Crippen LogP contribution in [0.3, 0.4) is 0 Å². The average molecular weight is 717 g/mol. The highest BCUT2D eigenvalue weighted by atomic mass is 32.2. The largest absolute Gasteiger partial charge is 0.495 e. The van der Waals surface area contributed by atoms with E-state index in [2.05, 4.69) is 27.4 Å². The van der Waals surface area contributed by atoms with E-state index < -0.39 is 35.2 Å². The number of fused-ring (bicyclic) bond motifs is 1. The molecule has 6 rings (SSSR count). The van der Waals surface area contributed by atoms with Crippen molar-refractivity contribution < 1.29 is 35.9 Å². The number of methoxy groups -OCH3 is 1. The molecule has 5 N–H and O–H groups in total. The Morgan fingerprint density at radius 2 is 1.82 bits per heavy atom. The molecule has 1 saturated carbocycles. The fourth-order valence-electron chi connectivity index (χ4n) is 7.37. The smallest absolute Gasteiger partial charge is 0.406 e. The maximum atomic E-state index is 13.8. The average Bonchev–Trinajstić information content (AvgIpc) is 3.42. The number of nitrogens with two attached hydrogens (primary N) is 1. The molecule has 1 aliphatic carbocycles. The summed E-state index contributed by atoms with van der Waals surface area (Å²) < 4.78 is 80.1. The van der Waals surface area contributed by atoms with Crippen molar-refractivity contribution in [2.24, 2.45) is 11.1 Å². The Hall–Kier alpha value is -3.97. The number of amides is 1. The molecule has 3 aromatic rings. The molecule has 3 aliphatic rings. The number of rotatable bonds is 10. The Kier molecular flexibility index (Phi) is 10.5. The van der Waals surface area contributed by atoms with Crippen molar-refractivity contribution in [1.29, 1.82) is 0 Å². The number of anilines is 2. The van der Waals surface area contributed by atoms with Gasteiger partial charge in [-0.1, -0.05) is 12.0 Å². The molecule has 2 saturated heterocycles. The summed E-state index contributed by atoms with van der Waals surface area (Å²) in [5.74, 6) is 5.09. The summed E-state index contributed by atoms with van der Waals surface area (Å²) in [6.07, 6.45) is 2.01. The number of likely N-dealkylation sites (tertiary alicyclic amines) is 1. The third kappa shape index (κ3) is 8.15. The maximum absolute atomic E-state index is 13.8. The Morgan fingerprint density at radius 3 is 2.50 bits per heavy atom. The first kappa shape index (κ1) is 35.8. The van der Waals surface area contributed by atoms with Crippen LogP contribution in [-0.4, -0.2) is 88.6 Å². The third-order valence-electron chi connectivity index (χ3n) is 9.99. The van der Waals surface area contributed by atoms with Gasteiger partial charge in [-0.05, 0) is 74.8 Å². The van der Waals surface area contributed by atoms with E-state index in [9.17, 15) is 26.4 Å². The second-order valence-corrected chi connectivity index (χ2v) is 15.1. The number of nitrogens with one attached hydrogen (secondary N) is 3. The summed E-state index contributed by atoms with van der Waals surface area (Å²) >= 11 is 0. The molecule has 270 valence electrons. The highest BCUT2D eigenvalue weighted by Crippen LogP contribution is 2.43. The standard InChI is InChI=1S/C35H43F3N6O5S/c1-48-32-19-27(50(46,47)42-33(45)20-39)11-12-30(32)40-15-3-4-26-18-28-29(5-2-6-31(28)44(26)23-35(36,37)38)41-24-7-9-25(10-8-24)43-21-34(22-43)13-16-49-17-14-34/h2,5-6,11-12,18-19,24-25,40-41H,7-10,13-17,20-23,39H2,1H3,(H,42,45). The summed E-state index contributed by atoms with van der Waals surface area (Å²) in [5, 5.41) is 7.33. The number of carbonyl (C=O) groups is 1. The molecule has 0 unspecified atom stereocenters. The SMILES string of the molecule is COc1cc(S(=O)(=O)NC(=O)CN)ccc1NCC#Cc1cc2c(NC3CCC(N4CC5(CCOCC5)C4)CC3)cccc2n1CC(F)(F)F. The topological polar surface area (TPSA) is 140 Å². The van der Waals surface area contributed by atoms with Crippen LogP contribution in [0.15, 0.2) is 47.4 Å². The lowest BCUT2D eigenvalue weighted by Crippen LogP contribution is -2.62. The molecule has 0 radical (unpaired) electrons. The predicted molar refractivity (Wildman–Crippen MR) is 184 cm³/mol. The van der Waals surface area contributed by atoms with Gasteiger partial charge in [0.1, 0.15) is 12.3 Å². The Labute approximate surface area is 290 Å². The quantitative estimate of drug-likeness (QED) is 0.227. The maximum Gasteiger partial charge on any atom is 0.406 e. The normalized spacial score (nSPS) is 20.8. The minimum Gasteiger partial charge on any atom is -0.495 e. The number of hydrogen-bond donors (Lipinski definition) is 4. The van der Waals surface area contributed by atoms with Crippen molar-refractivity contribution in [3.05, 3.63) is 48.2 Å². The van der Waals surface area contributed by atoms with Crippen LogP contribution in [0.4, 0.5) is 24.5 Å². The molecule has 50 heavy (non-hydrogen) atoms. The Morgan fingerprint density at radius 1 is 1.08 bits per heavy atom. The number of benzene rings is 2. The van der Waals surface area contributed by atoms with Crippen LogP contribution in [0.2, 0.25) is 0 Å². The summed E-state index contributed by atoms with van der Waals surface area (Å²) in [4.78, 5) is 13.9. The van der Waals surface area contributed by atoms with Crippen molar-refractivity contribution in [2.75, 3.05) is 57.1 Å². The second-order valence-electron chi connectivity index (χ2n) is 13.4. The van der Waals surface area contributed by atoms with Gasteiger partial charge in [0.05, 0.1) is 42.0 Å². The van der Waals surface area contributed by atoms with E-state index in [4.69, 9.17) is 15.2 Å². The van der Waals surface area contributed by atoms with Crippen molar-refractivity contribution in [3.63, 3.8) is 0 Å². The van der Waals surface area contributed by atoms with E-state index in [0.29, 0.717) is 28.0 Å².